The van der Waals surface area contributed by atoms with Gasteiger partial charge in [0, 0.05) is 31.4 Å². The van der Waals surface area contributed by atoms with E-state index in [2.05, 4.69) is 5.10 Å². The van der Waals surface area contributed by atoms with Crippen molar-refractivity contribution in [3.8, 4) is 5.69 Å². The first-order chi connectivity index (χ1) is 12.5. The summed E-state index contributed by atoms with van der Waals surface area (Å²) in [4.78, 5) is 13.8. The van der Waals surface area contributed by atoms with E-state index in [4.69, 9.17) is 11.6 Å². The predicted octanol–water partition coefficient (Wildman–Crippen LogP) is 4.34. The van der Waals surface area contributed by atoms with Gasteiger partial charge >= 0.3 is 0 Å². The maximum absolute atomic E-state index is 13.2. The van der Waals surface area contributed by atoms with Gasteiger partial charge in [-0.3, -0.25) is 4.79 Å². The van der Waals surface area contributed by atoms with E-state index in [-0.39, 0.29) is 10.9 Å². The molecule has 132 valence electrons. The normalized spacial score (nSPS) is 11.0. The minimum atomic E-state index is -0.484. The minimum absolute atomic E-state index is 0.0290. The first kappa shape index (κ1) is 17.9. The molecule has 3 aromatic rings. The van der Waals surface area contributed by atoms with Gasteiger partial charge in [-0.2, -0.15) is 5.10 Å². The molecule has 0 saturated carbocycles. The second-order valence-electron chi connectivity index (χ2n) is 5.83. The molecule has 0 radical (unpaired) electrons. The van der Waals surface area contributed by atoms with Crippen LogP contribution in [0.15, 0.2) is 67.0 Å². The molecule has 0 N–H and O–H groups in total. The van der Waals surface area contributed by atoms with Crippen molar-refractivity contribution in [1.82, 2.24) is 14.7 Å². The SMILES string of the molecule is CN(Cc1cnn(-c2ccccc2)c1)C(=O)/C=C/c1ccc(F)c(Cl)c1. The van der Waals surface area contributed by atoms with Gasteiger partial charge in [0.1, 0.15) is 5.82 Å². The highest BCUT2D eigenvalue weighted by Gasteiger charge is 2.08. The highest BCUT2D eigenvalue weighted by molar-refractivity contribution is 6.30. The number of halogens is 2. The number of benzene rings is 2. The second-order valence-corrected chi connectivity index (χ2v) is 6.24. The number of hydrogen-bond acceptors (Lipinski definition) is 2. The van der Waals surface area contributed by atoms with Gasteiger partial charge in [0.05, 0.1) is 16.9 Å². The van der Waals surface area contributed by atoms with E-state index in [1.165, 1.54) is 18.2 Å². The van der Waals surface area contributed by atoms with Crippen LogP contribution in [0.1, 0.15) is 11.1 Å². The number of likely N-dealkylation sites (N-methyl/N-ethyl adjacent to an activating group) is 1. The Balaban J connectivity index is 1.63. The first-order valence-electron chi connectivity index (χ1n) is 8.00. The van der Waals surface area contributed by atoms with Crippen LogP contribution in [-0.2, 0) is 11.3 Å². The highest BCUT2D eigenvalue weighted by Crippen LogP contribution is 2.17. The molecule has 0 aliphatic rings. The summed E-state index contributed by atoms with van der Waals surface area (Å²) in [5.74, 6) is -0.652. The molecule has 1 amide bonds. The molecule has 0 bridgehead atoms. The van der Waals surface area contributed by atoms with E-state index in [0.717, 1.165) is 11.3 Å². The molecule has 26 heavy (non-hydrogen) atoms. The van der Waals surface area contributed by atoms with Crippen molar-refractivity contribution in [2.45, 2.75) is 6.54 Å². The summed E-state index contributed by atoms with van der Waals surface area (Å²) in [6.07, 6.45) is 6.67. The third-order valence-corrected chi connectivity index (χ3v) is 4.10. The summed E-state index contributed by atoms with van der Waals surface area (Å²) in [5, 5.41) is 4.35. The number of carbonyl (C=O) groups excluding carboxylic acids is 1. The van der Waals surface area contributed by atoms with Crippen molar-refractivity contribution in [2.24, 2.45) is 0 Å². The summed E-state index contributed by atoms with van der Waals surface area (Å²) in [6, 6.07) is 14.1. The molecule has 3 rings (SSSR count). The van der Waals surface area contributed by atoms with Crippen LogP contribution in [0.4, 0.5) is 4.39 Å². The molecule has 0 atom stereocenters. The average Bonchev–Trinajstić information content (AvgIpc) is 3.11. The van der Waals surface area contributed by atoms with Gasteiger partial charge in [-0.1, -0.05) is 35.9 Å². The van der Waals surface area contributed by atoms with Crippen LogP contribution in [0.3, 0.4) is 0 Å². The Morgan fingerprint density at radius 2 is 2.04 bits per heavy atom. The lowest BCUT2D eigenvalue weighted by Gasteiger charge is -2.13. The van der Waals surface area contributed by atoms with E-state index < -0.39 is 5.82 Å². The molecule has 6 heteroatoms. The number of carbonyl (C=O) groups is 1. The smallest absolute Gasteiger partial charge is 0.246 e. The predicted molar refractivity (Wildman–Crippen MR) is 100 cm³/mol. The molecule has 0 unspecified atom stereocenters. The second kappa shape index (κ2) is 7.97. The van der Waals surface area contributed by atoms with Crippen molar-refractivity contribution in [1.29, 1.82) is 0 Å². The summed E-state index contributed by atoms with van der Waals surface area (Å²) in [5.41, 5.74) is 2.54. The monoisotopic (exact) mass is 369 g/mol. The standard InChI is InChI=1S/C20H17ClFN3O/c1-24(20(26)10-8-15-7-9-19(22)18(21)11-15)13-16-12-23-25(14-16)17-5-3-2-4-6-17/h2-12,14H,13H2,1H3/b10-8+. The Morgan fingerprint density at radius 3 is 2.77 bits per heavy atom. The molecule has 0 aliphatic carbocycles. The van der Waals surface area contributed by atoms with Gasteiger partial charge in [-0.25, -0.2) is 9.07 Å². The Morgan fingerprint density at radius 1 is 1.27 bits per heavy atom. The molecule has 0 saturated heterocycles. The van der Waals surface area contributed by atoms with Crippen LogP contribution in [-0.4, -0.2) is 27.6 Å². The number of hydrogen-bond donors (Lipinski definition) is 0. The zero-order valence-corrected chi connectivity index (χ0v) is 14.9. The maximum Gasteiger partial charge on any atom is 0.246 e. The lowest BCUT2D eigenvalue weighted by molar-refractivity contribution is -0.125. The summed E-state index contributed by atoms with van der Waals surface area (Å²) < 4.78 is 14.9. The van der Waals surface area contributed by atoms with Crippen LogP contribution < -0.4 is 0 Å². The number of amides is 1. The molecular weight excluding hydrogens is 353 g/mol. The molecule has 0 aliphatic heterocycles. The van der Waals surface area contributed by atoms with Crippen LogP contribution in [0.25, 0.3) is 11.8 Å². The lowest BCUT2D eigenvalue weighted by Crippen LogP contribution is -2.23. The fourth-order valence-electron chi connectivity index (χ4n) is 2.43. The molecular formula is C20H17ClFN3O. The Labute approximate surface area is 156 Å². The summed E-state index contributed by atoms with van der Waals surface area (Å²) in [7, 11) is 1.71. The van der Waals surface area contributed by atoms with E-state index in [9.17, 15) is 9.18 Å². The molecule has 2 aromatic carbocycles. The zero-order chi connectivity index (χ0) is 18.5. The van der Waals surface area contributed by atoms with Crippen molar-refractivity contribution < 1.29 is 9.18 Å². The molecule has 4 nitrogen and oxygen atoms in total. The number of rotatable bonds is 5. The Bertz CT molecular complexity index is 937. The molecule has 1 heterocycles. The lowest BCUT2D eigenvalue weighted by atomic mass is 10.2. The van der Waals surface area contributed by atoms with E-state index >= 15 is 0 Å². The Kier molecular flexibility index (Phi) is 5.49. The van der Waals surface area contributed by atoms with Crippen LogP contribution in [0.2, 0.25) is 5.02 Å². The van der Waals surface area contributed by atoms with Gasteiger partial charge < -0.3 is 4.90 Å². The maximum atomic E-state index is 13.2. The van der Waals surface area contributed by atoms with Crippen molar-refractivity contribution in [3.05, 3.63) is 89.0 Å². The van der Waals surface area contributed by atoms with Crippen molar-refractivity contribution in [2.75, 3.05) is 7.05 Å². The van der Waals surface area contributed by atoms with Gasteiger partial charge in [-0.15, -0.1) is 0 Å². The molecule has 0 fully saturated rings. The van der Waals surface area contributed by atoms with Crippen LogP contribution >= 0.6 is 11.6 Å². The van der Waals surface area contributed by atoms with Crippen LogP contribution in [0.5, 0.6) is 0 Å². The van der Waals surface area contributed by atoms with E-state index in [1.54, 1.807) is 35.0 Å². The third-order valence-electron chi connectivity index (χ3n) is 3.81. The largest absolute Gasteiger partial charge is 0.338 e. The number of aromatic nitrogens is 2. The Hall–Kier alpha value is -2.92. The van der Waals surface area contributed by atoms with Gasteiger partial charge in [0.15, 0.2) is 0 Å². The van der Waals surface area contributed by atoms with Crippen LogP contribution in [0, 0.1) is 5.82 Å². The van der Waals surface area contributed by atoms with Gasteiger partial charge in [0.25, 0.3) is 0 Å². The summed E-state index contributed by atoms with van der Waals surface area (Å²) in [6.45, 7) is 0.431. The topological polar surface area (TPSA) is 38.1 Å². The van der Waals surface area contributed by atoms with E-state index in [0.29, 0.717) is 12.1 Å². The molecule has 1 aromatic heterocycles. The third kappa shape index (κ3) is 4.37. The highest BCUT2D eigenvalue weighted by atomic mass is 35.5. The van der Waals surface area contributed by atoms with Crippen molar-refractivity contribution in [3.63, 3.8) is 0 Å². The fraction of sp³-hybridized carbons (Fsp3) is 0.100. The number of nitrogens with zero attached hydrogens (tertiary/aromatic N) is 3. The fourth-order valence-corrected chi connectivity index (χ4v) is 2.62. The van der Waals surface area contributed by atoms with E-state index in [1.807, 2.05) is 36.5 Å². The first-order valence-corrected chi connectivity index (χ1v) is 8.38. The van der Waals surface area contributed by atoms with Gasteiger partial charge in [0.2, 0.25) is 5.91 Å². The molecule has 0 spiro atoms. The quantitative estimate of drug-likeness (QED) is 0.627. The zero-order valence-electron chi connectivity index (χ0n) is 14.1. The number of para-hydroxylation sites is 1. The minimum Gasteiger partial charge on any atom is -0.338 e. The summed E-state index contributed by atoms with van der Waals surface area (Å²) >= 11 is 5.74. The van der Waals surface area contributed by atoms with Crippen molar-refractivity contribution >= 4 is 23.6 Å². The van der Waals surface area contributed by atoms with Gasteiger partial charge in [-0.05, 0) is 35.9 Å². The average molecular weight is 370 g/mol.